The Labute approximate surface area is 149 Å². The Morgan fingerprint density at radius 1 is 1.04 bits per heavy atom. The molecule has 0 unspecified atom stereocenters. The van der Waals surface area contributed by atoms with E-state index in [0.717, 1.165) is 21.1 Å². The van der Waals surface area contributed by atoms with E-state index in [1.54, 1.807) is 13.0 Å². The smallest absolute Gasteiger partial charge is 0.336 e. The van der Waals surface area contributed by atoms with Gasteiger partial charge in [0.1, 0.15) is 11.4 Å². The third-order valence-electron chi connectivity index (χ3n) is 3.00. The number of nitrogens with two attached hydrogens (primary N) is 2. The molecule has 0 amide bonds. The van der Waals surface area contributed by atoms with Gasteiger partial charge in [-0.15, -0.1) is 0 Å². The maximum atomic E-state index is 11.1. The molecule has 0 fully saturated rings. The molecule has 0 saturated heterocycles. The predicted molar refractivity (Wildman–Crippen MR) is 103 cm³/mol. The summed E-state index contributed by atoms with van der Waals surface area (Å²) in [4.78, 5) is 11.1. The summed E-state index contributed by atoms with van der Waals surface area (Å²) in [5.41, 5.74) is 12.4. The lowest BCUT2D eigenvalue weighted by Gasteiger charge is -2.04. The zero-order valence-corrected chi connectivity index (χ0v) is 15.4. The molecule has 0 bridgehead atoms. The van der Waals surface area contributed by atoms with Crippen LogP contribution in [-0.2, 0) is 0 Å². The Morgan fingerprint density at radius 2 is 1.62 bits per heavy atom. The van der Waals surface area contributed by atoms with Crippen LogP contribution in [0.2, 0.25) is 0 Å². The Kier molecular flexibility index (Phi) is 7.32. The number of aryl methyl sites for hydroxylation is 1. The van der Waals surface area contributed by atoms with Crippen LogP contribution in [0.15, 0.2) is 56.1 Å². The van der Waals surface area contributed by atoms with Crippen LogP contribution in [0, 0.1) is 6.92 Å². The molecule has 5 N–H and O–H groups in total. The molecule has 0 spiro atoms. The molecule has 0 aliphatic heterocycles. The van der Waals surface area contributed by atoms with Gasteiger partial charge < -0.3 is 21.0 Å². The van der Waals surface area contributed by atoms with Gasteiger partial charge >= 0.3 is 5.63 Å². The average Bonchev–Trinajstić information content (AvgIpc) is 2.56. The van der Waals surface area contributed by atoms with Crippen molar-refractivity contribution in [2.24, 2.45) is 0 Å². The fourth-order valence-corrected chi connectivity index (χ4v) is 2.12. The zero-order valence-electron chi connectivity index (χ0n) is 13.8. The van der Waals surface area contributed by atoms with Crippen molar-refractivity contribution in [3.63, 3.8) is 0 Å². The number of fused-ring (bicyclic) bond motifs is 1. The van der Waals surface area contributed by atoms with Crippen LogP contribution >= 0.6 is 15.9 Å². The van der Waals surface area contributed by atoms with Gasteiger partial charge in [0.05, 0.1) is 0 Å². The number of nitrogen functional groups attached to an aromatic ring is 2. The fourth-order valence-electron chi connectivity index (χ4n) is 1.86. The van der Waals surface area contributed by atoms with Gasteiger partial charge in [0.2, 0.25) is 0 Å². The topological polar surface area (TPSA) is 102 Å². The number of aromatic hydroxyl groups is 1. The van der Waals surface area contributed by atoms with Crippen LogP contribution in [-0.4, -0.2) is 5.11 Å². The van der Waals surface area contributed by atoms with Gasteiger partial charge in [-0.3, -0.25) is 0 Å². The van der Waals surface area contributed by atoms with Crippen molar-refractivity contribution in [2.75, 3.05) is 11.5 Å². The van der Waals surface area contributed by atoms with E-state index in [-0.39, 0.29) is 17.0 Å². The lowest BCUT2D eigenvalue weighted by atomic mass is 10.1. The number of halogens is 1. The van der Waals surface area contributed by atoms with Crippen molar-refractivity contribution in [1.82, 2.24) is 0 Å². The molecule has 0 aliphatic rings. The minimum absolute atomic E-state index is 0.0775. The Morgan fingerprint density at radius 3 is 2.17 bits per heavy atom. The highest BCUT2D eigenvalue weighted by Gasteiger charge is 2.08. The SMILES string of the molecule is CC.Cc1cc(=O)oc2c(N)c(O)ccc12.Nc1ccc(Br)cc1. The van der Waals surface area contributed by atoms with Crippen LogP contribution in [0.4, 0.5) is 11.4 Å². The summed E-state index contributed by atoms with van der Waals surface area (Å²) in [6, 6.07) is 12.1. The number of phenolic OH excluding ortho intramolecular Hbond substituents is 1. The molecule has 2 aromatic carbocycles. The highest BCUT2D eigenvalue weighted by molar-refractivity contribution is 9.10. The fraction of sp³-hybridized carbons (Fsp3) is 0.167. The number of rotatable bonds is 0. The van der Waals surface area contributed by atoms with E-state index >= 15 is 0 Å². The molecule has 24 heavy (non-hydrogen) atoms. The molecule has 6 heteroatoms. The van der Waals surface area contributed by atoms with Crippen molar-refractivity contribution in [3.8, 4) is 5.75 Å². The Bertz CT molecular complexity index is 838. The second-order valence-corrected chi connectivity index (χ2v) is 5.59. The van der Waals surface area contributed by atoms with Crippen molar-refractivity contribution in [2.45, 2.75) is 20.8 Å². The molecule has 3 rings (SSSR count). The summed E-state index contributed by atoms with van der Waals surface area (Å²) in [5.74, 6) is -0.0775. The Hall–Kier alpha value is -2.47. The first kappa shape index (κ1) is 19.6. The molecule has 3 aromatic rings. The lowest BCUT2D eigenvalue weighted by molar-refractivity contribution is 0.476. The predicted octanol–water partition coefficient (Wildman–Crippen LogP) is 4.45. The molecule has 1 heterocycles. The van der Waals surface area contributed by atoms with Gasteiger partial charge in [0.15, 0.2) is 5.58 Å². The van der Waals surface area contributed by atoms with Gasteiger partial charge in [0.25, 0.3) is 0 Å². The molecule has 5 nitrogen and oxygen atoms in total. The van der Waals surface area contributed by atoms with Gasteiger partial charge in [-0.2, -0.15) is 0 Å². The lowest BCUT2D eigenvalue weighted by Crippen LogP contribution is -1.99. The monoisotopic (exact) mass is 392 g/mol. The quantitative estimate of drug-likeness (QED) is 0.298. The summed E-state index contributed by atoms with van der Waals surface area (Å²) in [5, 5.41) is 10.0. The molecule has 0 saturated carbocycles. The standard InChI is InChI=1S/C10H9NO3.C6H6BrN.C2H6/c1-5-4-8(13)14-10-6(5)2-3-7(12)9(10)11;7-5-1-3-6(8)4-2-5;1-2/h2-4,12H,11H2,1H3;1-4H,8H2;1-2H3. The summed E-state index contributed by atoms with van der Waals surface area (Å²) in [6.45, 7) is 5.79. The highest BCUT2D eigenvalue weighted by Crippen LogP contribution is 2.29. The number of phenols is 1. The molecule has 1 aromatic heterocycles. The van der Waals surface area contributed by atoms with E-state index < -0.39 is 5.63 Å². The van der Waals surface area contributed by atoms with Crippen molar-refractivity contribution in [3.05, 3.63) is 62.9 Å². The van der Waals surface area contributed by atoms with Gasteiger partial charge in [-0.25, -0.2) is 4.79 Å². The summed E-state index contributed by atoms with van der Waals surface area (Å²) in [7, 11) is 0. The molecular formula is C18H21BrN2O3. The minimum Gasteiger partial charge on any atom is -0.506 e. The van der Waals surface area contributed by atoms with Crippen molar-refractivity contribution >= 4 is 38.3 Å². The van der Waals surface area contributed by atoms with E-state index in [1.165, 1.54) is 12.1 Å². The second kappa shape index (κ2) is 8.98. The van der Waals surface area contributed by atoms with Gasteiger partial charge in [-0.1, -0.05) is 29.8 Å². The normalized spacial score (nSPS) is 9.50. The van der Waals surface area contributed by atoms with E-state index in [9.17, 15) is 9.90 Å². The van der Waals surface area contributed by atoms with Crippen LogP contribution in [0.3, 0.4) is 0 Å². The van der Waals surface area contributed by atoms with Crippen LogP contribution in [0.1, 0.15) is 19.4 Å². The molecule has 128 valence electrons. The number of anilines is 2. The highest BCUT2D eigenvalue weighted by atomic mass is 79.9. The van der Waals surface area contributed by atoms with Crippen LogP contribution in [0.5, 0.6) is 5.75 Å². The molecular weight excluding hydrogens is 372 g/mol. The van der Waals surface area contributed by atoms with Gasteiger partial charge in [0, 0.05) is 21.6 Å². The maximum Gasteiger partial charge on any atom is 0.336 e. The van der Waals surface area contributed by atoms with E-state index in [1.807, 2.05) is 38.1 Å². The number of hydrogen-bond donors (Lipinski definition) is 3. The average molecular weight is 393 g/mol. The zero-order chi connectivity index (χ0) is 18.3. The molecule has 0 aliphatic carbocycles. The summed E-state index contributed by atoms with van der Waals surface area (Å²) >= 11 is 3.29. The van der Waals surface area contributed by atoms with Gasteiger partial charge in [-0.05, 0) is 48.9 Å². The largest absolute Gasteiger partial charge is 0.506 e. The summed E-state index contributed by atoms with van der Waals surface area (Å²) in [6.07, 6.45) is 0. The maximum absolute atomic E-state index is 11.1. The molecule has 0 atom stereocenters. The summed E-state index contributed by atoms with van der Waals surface area (Å²) < 4.78 is 5.98. The van der Waals surface area contributed by atoms with Crippen molar-refractivity contribution < 1.29 is 9.52 Å². The number of benzene rings is 2. The minimum atomic E-state index is -0.465. The Balaban J connectivity index is 0.000000245. The number of hydrogen-bond acceptors (Lipinski definition) is 5. The first-order valence-electron chi connectivity index (χ1n) is 7.41. The van der Waals surface area contributed by atoms with Crippen LogP contribution < -0.4 is 17.1 Å². The van der Waals surface area contributed by atoms with E-state index in [0.29, 0.717) is 0 Å². The molecule has 0 radical (unpaired) electrons. The van der Waals surface area contributed by atoms with E-state index in [4.69, 9.17) is 15.9 Å². The first-order chi connectivity index (χ1) is 11.4. The second-order valence-electron chi connectivity index (χ2n) is 4.68. The first-order valence-corrected chi connectivity index (χ1v) is 8.20. The van der Waals surface area contributed by atoms with Crippen molar-refractivity contribution in [1.29, 1.82) is 0 Å². The third kappa shape index (κ3) is 5.03. The van der Waals surface area contributed by atoms with Crippen LogP contribution in [0.25, 0.3) is 11.0 Å². The third-order valence-corrected chi connectivity index (χ3v) is 3.53. The van der Waals surface area contributed by atoms with E-state index in [2.05, 4.69) is 15.9 Å².